The van der Waals surface area contributed by atoms with Gasteiger partial charge in [0.25, 0.3) is 5.91 Å². The molecule has 0 aromatic heterocycles. The highest BCUT2D eigenvalue weighted by Gasteiger charge is 2.22. The summed E-state index contributed by atoms with van der Waals surface area (Å²) < 4.78 is 0. The van der Waals surface area contributed by atoms with Gasteiger partial charge in [-0.05, 0) is 55.0 Å². The Bertz CT molecular complexity index is 1200. The average molecular weight is 530 g/mol. The van der Waals surface area contributed by atoms with Gasteiger partial charge in [-0.2, -0.15) is 0 Å². The first-order valence-corrected chi connectivity index (χ1v) is 11.2. The van der Waals surface area contributed by atoms with E-state index in [9.17, 15) is 4.79 Å². The molecule has 0 aliphatic rings. The lowest BCUT2D eigenvalue weighted by atomic mass is 10.1. The molecule has 166 valence electrons. The normalized spacial score (nSPS) is 11.4. The van der Waals surface area contributed by atoms with Crippen molar-refractivity contribution in [2.24, 2.45) is 4.99 Å². The van der Waals surface area contributed by atoms with Crippen LogP contribution < -0.4 is 10.2 Å². The van der Waals surface area contributed by atoms with Crippen LogP contribution in [0.2, 0.25) is 25.1 Å². The number of aryl methyl sites for hydroxylation is 1. The predicted molar refractivity (Wildman–Crippen MR) is 138 cm³/mol. The number of nitrogens with one attached hydrogen (secondary N) is 1. The van der Waals surface area contributed by atoms with E-state index in [0.29, 0.717) is 11.3 Å². The Morgan fingerprint density at radius 3 is 2.06 bits per heavy atom. The molecule has 32 heavy (non-hydrogen) atoms. The molecule has 3 aromatic carbocycles. The number of aliphatic imine (C=N–C) groups is 1. The summed E-state index contributed by atoms with van der Waals surface area (Å²) in [5.41, 5.74) is 3.09. The summed E-state index contributed by atoms with van der Waals surface area (Å²) in [4.78, 5) is 20.0. The van der Waals surface area contributed by atoms with Gasteiger partial charge in [-0.15, -0.1) is 0 Å². The zero-order valence-corrected chi connectivity index (χ0v) is 21.1. The molecular formula is C23H18Cl5N3O. The molecule has 0 saturated heterocycles. The highest BCUT2D eigenvalue weighted by atomic mass is 35.5. The van der Waals surface area contributed by atoms with E-state index < -0.39 is 5.91 Å². The Labute approximate surface area is 211 Å². The van der Waals surface area contributed by atoms with Crippen LogP contribution in [0.15, 0.2) is 53.5 Å². The van der Waals surface area contributed by atoms with Crippen molar-refractivity contribution in [2.45, 2.75) is 6.92 Å². The molecule has 3 aromatic rings. The second kappa shape index (κ2) is 10.3. The third-order valence-electron chi connectivity index (χ3n) is 4.60. The van der Waals surface area contributed by atoms with Gasteiger partial charge in [0.05, 0.1) is 36.5 Å². The molecule has 4 nitrogen and oxygen atoms in total. The number of anilines is 2. The first kappa shape index (κ1) is 24.7. The standard InChI is InChI=1S/C23H18Cl5N3O/c1-12-9-13(31(2)3)7-8-19(12)29-22(21-14(24)5-4-6-15(21)25)23(32)30-20-11-17(27)16(26)10-18(20)28/h4-11H,1-3H3,(H,30,32). The first-order valence-electron chi connectivity index (χ1n) is 9.35. The summed E-state index contributed by atoms with van der Waals surface area (Å²) in [6.07, 6.45) is 0. The summed E-state index contributed by atoms with van der Waals surface area (Å²) in [5.74, 6) is -0.559. The fourth-order valence-electron chi connectivity index (χ4n) is 2.91. The molecule has 0 radical (unpaired) electrons. The van der Waals surface area contributed by atoms with Crippen LogP contribution in [0, 0.1) is 6.92 Å². The molecule has 0 aliphatic heterocycles. The number of carbonyl (C=O) groups excluding carboxylic acids is 1. The molecular weight excluding hydrogens is 512 g/mol. The molecule has 0 aliphatic carbocycles. The van der Waals surface area contributed by atoms with E-state index in [1.165, 1.54) is 12.1 Å². The SMILES string of the molecule is Cc1cc(N(C)C)ccc1N=C(C(=O)Nc1cc(Cl)c(Cl)cc1Cl)c1c(Cl)cccc1Cl. The van der Waals surface area contributed by atoms with E-state index in [2.05, 4.69) is 10.3 Å². The minimum Gasteiger partial charge on any atom is -0.378 e. The van der Waals surface area contributed by atoms with Crippen LogP contribution in [-0.4, -0.2) is 25.7 Å². The van der Waals surface area contributed by atoms with Gasteiger partial charge >= 0.3 is 0 Å². The zero-order chi connectivity index (χ0) is 23.6. The summed E-state index contributed by atoms with van der Waals surface area (Å²) in [6.45, 7) is 1.91. The van der Waals surface area contributed by atoms with Crippen molar-refractivity contribution in [3.05, 3.63) is 84.8 Å². The number of hydrogen-bond acceptors (Lipinski definition) is 3. The van der Waals surface area contributed by atoms with Crippen molar-refractivity contribution in [2.75, 3.05) is 24.3 Å². The second-order valence-corrected chi connectivity index (χ2v) is 9.16. The molecule has 9 heteroatoms. The molecule has 0 atom stereocenters. The lowest BCUT2D eigenvalue weighted by Gasteiger charge is -2.15. The highest BCUT2D eigenvalue weighted by Crippen LogP contribution is 2.34. The van der Waals surface area contributed by atoms with Gasteiger partial charge in [0.15, 0.2) is 0 Å². The molecule has 0 heterocycles. The Kier molecular flexibility index (Phi) is 7.97. The number of carbonyl (C=O) groups is 1. The van der Waals surface area contributed by atoms with Crippen LogP contribution in [0.4, 0.5) is 17.1 Å². The van der Waals surface area contributed by atoms with Gasteiger partial charge in [0.2, 0.25) is 0 Å². The van der Waals surface area contributed by atoms with Crippen LogP contribution in [-0.2, 0) is 4.79 Å². The molecule has 3 rings (SSSR count). The van der Waals surface area contributed by atoms with Crippen molar-refractivity contribution < 1.29 is 4.79 Å². The summed E-state index contributed by atoms with van der Waals surface area (Å²) >= 11 is 31.1. The second-order valence-electron chi connectivity index (χ2n) is 7.12. The van der Waals surface area contributed by atoms with Crippen LogP contribution in [0.3, 0.4) is 0 Å². The number of benzene rings is 3. The van der Waals surface area contributed by atoms with Gasteiger partial charge < -0.3 is 10.2 Å². The third-order valence-corrected chi connectivity index (χ3v) is 6.27. The van der Waals surface area contributed by atoms with Gasteiger partial charge in [0.1, 0.15) is 5.71 Å². The number of hydrogen-bond donors (Lipinski definition) is 1. The van der Waals surface area contributed by atoms with Gasteiger partial charge in [0, 0.05) is 25.3 Å². The van der Waals surface area contributed by atoms with Gasteiger partial charge in [-0.1, -0.05) is 64.1 Å². The Hall–Kier alpha value is -1.95. The smallest absolute Gasteiger partial charge is 0.275 e. The third kappa shape index (κ3) is 5.51. The molecule has 0 fully saturated rings. The maximum Gasteiger partial charge on any atom is 0.275 e. The molecule has 1 amide bonds. The number of nitrogens with zero attached hydrogens (tertiary/aromatic N) is 2. The van der Waals surface area contributed by atoms with E-state index >= 15 is 0 Å². The minimum absolute atomic E-state index is 0.0310. The van der Waals surface area contributed by atoms with Crippen LogP contribution in [0.1, 0.15) is 11.1 Å². The van der Waals surface area contributed by atoms with Crippen molar-refractivity contribution in [3.63, 3.8) is 0 Å². The molecule has 0 unspecified atom stereocenters. The first-order chi connectivity index (χ1) is 15.1. The highest BCUT2D eigenvalue weighted by molar-refractivity contribution is 6.55. The quantitative estimate of drug-likeness (QED) is 0.268. The topological polar surface area (TPSA) is 44.7 Å². The van der Waals surface area contributed by atoms with E-state index in [-0.39, 0.29) is 36.5 Å². The van der Waals surface area contributed by atoms with E-state index in [1.54, 1.807) is 18.2 Å². The van der Waals surface area contributed by atoms with E-state index in [1.807, 2.05) is 44.1 Å². The summed E-state index contributed by atoms with van der Waals surface area (Å²) in [7, 11) is 3.89. The lowest BCUT2D eigenvalue weighted by molar-refractivity contribution is -0.110. The van der Waals surface area contributed by atoms with Crippen LogP contribution in [0.25, 0.3) is 0 Å². The Morgan fingerprint density at radius 2 is 1.47 bits per heavy atom. The number of amides is 1. The van der Waals surface area contributed by atoms with Crippen molar-refractivity contribution in [3.8, 4) is 0 Å². The van der Waals surface area contributed by atoms with Gasteiger partial charge in [-0.3, -0.25) is 4.79 Å². The molecule has 0 spiro atoms. The monoisotopic (exact) mass is 527 g/mol. The van der Waals surface area contributed by atoms with Crippen LogP contribution in [0.5, 0.6) is 0 Å². The zero-order valence-electron chi connectivity index (χ0n) is 17.3. The van der Waals surface area contributed by atoms with Crippen molar-refractivity contribution >= 4 is 86.7 Å². The molecule has 0 bridgehead atoms. The lowest BCUT2D eigenvalue weighted by Crippen LogP contribution is -2.24. The maximum atomic E-state index is 13.4. The van der Waals surface area contributed by atoms with Crippen molar-refractivity contribution in [1.29, 1.82) is 0 Å². The summed E-state index contributed by atoms with van der Waals surface area (Å²) in [6, 6.07) is 13.6. The molecule has 0 saturated carbocycles. The van der Waals surface area contributed by atoms with Crippen molar-refractivity contribution in [1.82, 2.24) is 0 Å². The summed E-state index contributed by atoms with van der Waals surface area (Å²) in [5, 5.41) is 4.05. The fraction of sp³-hybridized carbons (Fsp3) is 0.130. The Morgan fingerprint density at radius 1 is 0.844 bits per heavy atom. The number of halogens is 5. The number of rotatable bonds is 5. The largest absolute Gasteiger partial charge is 0.378 e. The maximum absolute atomic E-state index is 13.4. The average Bonchev–Trinajstić information content (AvgIpc) is 2.72. The predicted octanol–water partition coefficient (Wildman–Crippen LogP) is 8.09. The van der Waals surface area contributed by atoms with Crippen LogP contribution >= 0.6 is 58.0 Å². The molecule has 1 N–H and O–H groups in total. The fourth-order valence-corrected chi connectivity index (χ4v) is 4.08. The minimum atomic E-state index is -0.559. The van der Waals surface area contributed by atoms with E-state index in [4.69, 9.17) is 58.0 Å². The van der Waals surface area contributed by atoms with Gasteiger partial charge in [-0.25, -0.2) is 4.99 Å². The Balaban J connectivity index is 2.13. The van der Waals surface area contributed by atoms with E-state index in [0.717, 1.165) is 11.3 Å².